The third-order valence-corrected chi connectivity index (χ3v) is 2.69. The van der Waals surface area contributed by atoms with Crippen LogP contribution in [0.5, 0.6) is 0 Å². The van der Waals surface area contributed by atoms with Crippen molar-refractivity contribution < 1.29 is 0 Å². The topological polar surface area (TPSA) is 29.9 Å². The highest BCUT2D eigenvalue weighted by atomic mass is 15.3. The highest BCUT2D eigenvalue weighted by Crippen LogP contribution is 2.09. The predicted molar refractivity (Wildman–Crippen MR) is 64.1 cm³/mol. The van der Waals surface area contributed by atoms with E-state index in [1.54, 1.807) is 0 Å². The molecule has 1 rings (SSSR count). The maximum Gasteiger partial charge on any atom is 0.0624 e. The number of unbranched alkanes of at least 4 members (excludes halogenated alkanes) is 1. The molecule has 3 nitrogen and oxygen atoms in total. The second-order valence-electron chi connectivity index (χ2n) is 3.86. The van der Waals surface area contributed by atoms with Gasteiger partial charge in [0, 0.05) is 12.2 Å². The Morgan fingerprint density at radius 3 is 2.73 bits per heavy atom. The van der Waals surface area contributed by atoms with Gasteiger partial charge >= 0.3 is 0 Å². The van der Waals surface area contributed by atoms with Gasteiger partial charge in [0.2, 0.25) is 0 Å². The zero-order valence-electron chi connectivity index (χ0n) is 10.2. The van der Waals surface area contributed by atoms with Crippen molar-refractivity contribution >= 4 is 0 Å². The van der Waals surface area contributed by atoms with E-state index in [4.69, 9.17) is 0 Å². The smallest absolute Gasteiger partial charge is 0.0624 e. The molecule has 1 heterocycles. The molecule has 0 aliphatic carbocycles. The highest BCUT2D eigenvalue weighted by Gasteiger charge is 2.04. The number of rotatable bonds is 7. The van der Waals surface area contributed by atoms with Gasteiger partial charge in [-0.15, -0.1) is 0 Å². The third-order valence-electron chi connectivity index (χ3n) is 2.69. The quantitative estimate of drug-likeness (QED) is 0.696. The van der Waals surface area contributed by atoms with Crippen LogP contribution in [0.25, 0.3) is 0 Å². The standard InChI is InChI=1S/C12H23N3/c1-4-11-10-12(15(5-2)14-11)8-6-7-9-13-3/h10,13H,4-9H2,1-3H3. The zero-order valence-corrected chi connectivity index (χ0v) is 10.2. The van der Waals surface area contributed by atoms with Crippen LogP contribution in [0.4, 0.5) is 0 Å². The summed E-state index contributed by atoms with van der Waals surface area (Å²) >= 11 is 0. The highest BCUT2D eigenvalue weighted by molar-refractivity contribution is 5.10. The van der Waals surface area contributed by atoms with E-state index in [-0.39, 0.29) is 0 Å². The molecule has 0 bridgehead atoms. The second-order valence-corrected chi connectivity index (χ2v) is 3.86. The van der Waals surface area contributed by atoms with Gasteiger partial charge in [0.05, 0.1) is 5.69 Å². The maximum atomic E-state index is 4.55. The number of hydrogen-bond acceptors (Lipinski definition) is 2. The van der Waals surface area contributed by atoms with Crippen LogP contribution in [0, 0.1) is 0 Å². The fourth-order valence-electron chi connectivity index (χ4n) is 1.77. The molecule has 0 fully saturated rings. The predicted octanol–water partition coefficient (Wildman–Crippen LogP) is 2.01. The van der Waals surface area contributed by atoms with Crippen LogP contribution in [0.2, 0.25) is 0 Å². The molecule has 86 valence electrons. The molecule has 1 N–H and O–H groups in total. The molecule has 0 radical (unpaired) electrons. The van der Waals surface area contributed by atoms with E-state index in [0.717, 1.165) is 25.9 Å². The summed E-state index contributed by atoms with van der Waals surface area (Å²) in [6.07, 6.45) is 4.68. The Kier molecular flexibility index (Phi) is 5.40. The molecular weight excluding hydrogens is 186 g/mol. The number of aryl methyl sites for hydroxylation is 3. The van der Waals surface area contributed by atoms with Gasteiger partial charge in [0.25, 0.3) is 0 Å². The van der Waals surface area contributed by atoms with E-state index in [1.165, 1.54) is 24.2 Å². The van der Waals surface area contributed by atoms with Crippen molar-refractivity contribution in [3.8, 4) is 0 Å². The summed E-state index contributed by atoms with van der Waals surface area (Å²) < 4.78 is 2.14. The molecule has 1 aromatic heterocycles. The van der Waals surface area contributed by atoms with E-state index in [1.807, 2.05) is 7.05 Å². The lowest BCUT2D eigenvalue weighted by atomic mass is 10.1. The van der Waals surface area contributed by atoms with Crippen molar-refractivity contribution in [2.45, 2.75) is 46.1 Å². The Morgan fingerprint density at radius 1 is 1.33 bits per heavy atom. The Balaban J connectivity index is 2.47. The van der Waals surface area contributed by atoms with Crippen LogP contribution in [0.1, 0.15) is 38.1 Å². The van der Waals surface area contributed by atoms with Crippen LogP contribution in [-0.4, -0.2) is 23.4 Å². The number of hydrogen-bond donors (Lipinski definition) is 1. The minimum absolute atomic E-state index is 0.987. The fourth-order valence-corrected chi connectivity index (χ4v) is 1.77. The molecule has 15 heavy (non-hydrogen) atoms. The molecule has 0 aliphatic rings. The second kappa shape index (κ2) is 6.62. The maximum absolute atomic E-state index is 4.55. The molecule has 0 aliphatic heterocycles. The van der Waals surface area contributed by atoms with E-state index in [2.05, 4.69) is 35.0 Å². The molecular formula is C12H23N3. The Morgan fingerprint density at radius 2 is 2.13 bits per heavy atom. The Labute approximate surface area is 92.9 Å². The lowest BCUT2D eigenvalue weighted by Gasteiger charge is -2.03. The first-order chi connectivity index (χ1) is 7.31. The SMILES string of the molecule is CCc1cc(CCCCNC)n(CC)n1. The monoisotopic (exact) mass is 209 g/mol. The lowest BCUT2D eigenvalue weighted by molar-refractivity contribution is 0.590. The minimum atomic E-state index is 0.987. The van der Waals surface area contributed by atoms with Crippen molar-refractivity contribution in [3.63, 3.8) is 0 Å². The van der Waals surface area contributed by atoms with Gasteiger partial charge in [-0.3, -0.25) is 4.68 Å². The van der Waals surface area contributed by atoms with E-state index in [9.17, 15) is 0 Å². The number of aromatic nitrogens is 2. The summed E-state index contributed by atoms with van der Waals surface area (Å²) in [5, 5.41) is 7.72. The zero-order chi connectivity index (χ0) is 11.1. The average molecular weight is 209 g/mol. The van der Waals surface area contributed by atoms with Gasteiger partial charge < -0.3 is 5.32 Å². The molecule has 0 saturated heterocycles. The van der Waals surface area contributed by atoms with Crippen molar-refractivity contribution in [1.29, 1.82) is 0 Å². The Hall–Kier alpha value is -0.830. The summed E-state index contributed by atoms with van der Waals surface area (Å²) in [5.74, 6) is 0. The third kappa shape index (κ3) is 3.67. The molecule has 0 saturated carbocycles. The minimum Gasteiger partial charge on any atom is -0.320 e. The van der Waals surface area contributed by atoms with Crippen molar-refractivity contribution in [3.05, 3.63) is 17.5 Å². The van der Waals surface area contributed by atoms with Crippen molar-refractivity contribution in [1.82, 2.24) is 15.1 Å². The molecule has 1 aromatic rings. The van der Waals surface area contributed by atoms with Crippen LogP contribution in [-0.2, 0) is 19.4 Å². The summed E-state index contributed by atoms with van der Waals surface area (Å²) in [5.41, 5.74) is 2.62. The first-order valence-electron chi connectivity index (χ1n) is 6.02. The van der Waals surface area contributed by atoms with Crippen LogP contribution >= 0.6 is 0 Å². The van der Waals surface area contributed by atoms with Gasteiger partial charge in [-0.05, 0) is 52.3 Å². The summed E-state index contributed by atoms with van der Waals surface area (Å²) in [4.78, 5) is 0. The molecule has 3 heteroatoms. The van der Waals surface area contributed by atoms with Gasteiger partial charge in [-0.2, -0.15) is 5.10 Å². The summed E-state index contributed by atoms with van der Waals surface area (Å²) in [6, 6.07) is 2.25. The molecule has 0 unspecified atom stereocenters. The average Bonchev–Trinajstić information content (AvgIpc) is 2.67. The molecule has 0 atom stereocenters. The van der Waals surface area contributed by atoms with Gasteiger partial charge in [-0.25, -0.2) is 0 Å². The summed E-state index contributed by atoms with van der Waals surface area (Å²) in [6.45, 7) is 6.42. The van der Waals surface area contributed by atoms with Crippen molar-refractivity contribution in [2.24, 2.45) is 0 Å². The van der Waals surface area contributed by atoms with Crippen LogP contribution in [0.15, 0.2) is 6.07 Å². The Bertz CT molecular complexity index is 278. The number of nitrogens with zero attached hydrogens (tertiary/aromatic N) is 2. The van der Waals surface area contributed by atoms with Crippen LogP contribution < -0.4 is 5.32 Å². The van der Waals surface area contributed by atoms with E-state index < -0.39 is 0 Å². The van der Waals surface area contributed by atoms with Crippen molar-refractivity contribution in [2.75, 3.05) is 13.6 Å². The fraction of sp³-hybridized carbons (Fsp3) is 0.750. The van der Waals surface area contributed by atoms with Gasteiger partial charge in [0.1, 0.15) is 0 Å². The first kappa shape index (κ1) is 12.2. The summed E-state index contributed by atoms with van der Waals surface area (Å²) in [7, 11) is 2.01. The van der Waals surface area contributed by atoms with Gasteiger partial charge in [0.15, 0.2) is 0 Å². The van der Waals surface area contributed by atoms with Crippen LogP contribution in [0.3, 0.4) is 0 Å². The first-order valence-corrected chi connectivity index (χ1v) is 6.02. The normalized spacial score (nSPS) is 10.9. The molecule has 0 spiro atoms. The van der Waals surface area contributed by atoms with E-state index >= 15 is 0 Å². The molecule has 0 amide bonds. The largest absolute Gasteiger partial charge is 0.320 e. The number of nitrogens with one attached hydrogen (secondary N) is 1. The lowest BCUT2D eigenvalue weighted by Crippen LogP contribution is -2.08. The van der Waals surface area contributed by atoms with Gasteiger partial charge in [-0.1, -0.05) is 6.92 Å². The molecule has 0 aromatic carbocycles. The van der Waals surface area contributed by atoms with E-state index in [0.29, 0.717) is 0 Å².